The van der Waals surface area contributed by atoms with Crippen LogP contribution in [0.4, 0.5) is 0 Å². The summed E-state index contributed by atoms with van der Waals surface area (Å²) in [6, 6.07) is 4.57. The van der Waals surface area contributed by atoms with E-state index in [2.05, 4.69) is 17.1 Å². The van der Waals surface area contributed by atoms with Crippen LogP contribution in [0.15, 0.2) is 12.1 Å². The van der Waals surface area contributed by atoms with Crippen molar-refractivity contribution < 1.29 is 9.47 Å². The van der Waals surface area contributed by atoms with E-state index < -0.39 is 0 Å². The Hall–Kier alpha value is -0.810. The number of likely N-dealkylation sites (N-methyl/N-ethyl adjacent to an activating group) is 1. The van der Waals surface area contributed by atoms with Crippen molar-refractivity contribution in [2.45, 2.75) is 32.5 Å². The Morgan fingerprint density at radius 2 is 2.35 bits per heavy atom. The van der Waals surface area contributed by atoms with Crippen LogP contribution < -0.4 is 10.1 Å². The molecule has 1 fully saturated rings. The standard InChI is InChI=1S/C15H21ClN2O2/c1-2-18(14-3-4-17-7-14)8-11-5-13(16)6-12-9-19-10-20-15(11)12/h5-6,14,17H,2-4,7-10H2,1H3. The highest BCUT2D eigenvalue weighted by molar-refractivity contribution is 6.30. The number of fused-ring (bicyclic) bond motifs is 1. The molecule has 1 aromatic carbocycles. The summed E-state index contributed by atoms with van der Waals surface area (Å²) in [4.78, 5) is 2.49. The van der Waals surface area contributed by atoms with Gasteiger partial charge >= 0.3 is 0 Å². The van der Waals surface area contributed by atoms with Crippen LogP contribution >= 0.6 is 11.6 Å². The molecular formula is C15H21ClN2O2. The SMILES string of the molecule is CCN(Cc1cc(Cl)cc2c1OCOC2)C1CCNC1. The molecule has 0 radical (unpaired) electrons. The second-order valence-corrected chi connectivity index (χ2v) is 5.81. The quantitative estimate of drug-likeness (QED) is 0.925. The molecule has 4 nitrogen and oxygen atoms in total. The first kappa shape index (κ1) is 14.1. The maximum Gasteiger partial charge on any atom is 0.189 e. The van der Waals surface area contributed by atoms with Gasteiger partial charge < -0.3 is 14.8 Å². The van der Waals surface area contributed by atoms with Crippen LogP contribution in [0, 0.1) is 0 Å². The summed E-state index contributed by atoms with van der Waals surface area (Å²) in [7, 11) is 0. The van der Waals surface area contributed by atoms with Gasteiger partial charge in [-0.3, -0.25) is 4.90 Å². The maximum absolute atomic E-state index is 6.23. The maximum atomic E-state index is 6.23. The van der Waals surface area contributed by atoms with Crippen LogP contribution in [0.5, 0.6) is 5.75 Å². The van der Waals surface area contributed by atoms with Crippen LogP contribution in [-0.4, -0.2) is 37.4 Å². The van der Waals surface area contributed by atoms with Gasteiger partial charge in [-0.25, -0.2) is 0 Å². The summed E-state index contributed by atoms with van der Waals surface area (Å²) in [5.41, 5.74) is 2.23. The zero-order valence-electron chi connectivity index (χ0n) is 11.8. The van der Waals surface area contributed by atoms with Gasteiger partial charge in [-0.2, -0.15) is 0 Å². The largest absolute Gasteiger partial charge is 0.467 e. The molecule has 1 N–H and O–H groups in total. The Labute approximate surface area is 125 Å². The molecule has 0 saturated carbocycles. The molecule has 2 aliphatic rings. The van der Waals surface area contributed by atoms with Gasteiger partial charge in [0.2, 0.25) is 0 Å². The van der Waals surface area contributed by atoms with Crippen molar-refractivity contribution in [3.8, 4) is 5.75 Å². The van der Waals surface area contributed by atoms with Crippen LogP contribution in [-0.2, 0) is 17.9 Å². The monoisotopic (exact) mass is 296 g/mol. The molecule has 1 atom stereocenters. The molecule has 0 bridgehead atoms. The normalized spacial score (nSPS) is 21.9. The van der Waals surface area contributed by atoms with E-state index in [9.17, 15) is 0 Å². The summed E-state index contributed by atoms with van der Waals surface area (Å²) in [6.07, 6.45) is 1.21. The summed E-state index contributed by atoms with van der Waals surface area (Å²) >= 11 is 6.23. The Balaban J connectivity index is 1.83. The highest BCUT2D eigenvalue weighted by Crippen LogP contribution is 2.33. The summed E-state index contributed by atoms with van der Waals surface area (Å²) in [5.74, 6) is 0.963. The van der Waals surface area contributed by atoms with Crippen molar-refractivity contribution in [2.75, 3.05) is 26.4 Å². The number of halogens is 1. The minimum atomic E-state index is 0.332. The third-order valence-corrected chi connectivity index (χ3v) is 4.30. The number of nitrogens with one attached hydrogen (secondary N) is 1. The van der Waals surface area contributed by atoms with Gasteiger partial charge in [0, 0.05) is 35.3 Å². The lowest BCUT2D eigenvalue weighted by Crippen LogP contribution is -2.36. The third-order valence-electron chi connectivity index (χ3n) is 4.08. The van der Waals surface area contributed by atoms with Gasteiger partial charge in [-0.15, -0.1) is 0 Å². The van der Waals surface area contributed by atoms with Crippen LogP contribution in [0.1, 0.15) is 24.5 Å². The molecule has 1 aromatic rings. The van der Waals surface area contributed by atoms with E-state index in [0.29, 0.717) is 19.4 Å². The predicted octanol–water partition coefficient (Wildman–Crippen LogP) is 2.39. The van der Waals surface area contributed by atoms with E-state index in [1.54, 1.807) is 0 Å². The van der Waals surface area contributed by atoms with Crippen LogP contribution in [0.2, 0.25) is 5.02 Å². The number of rotatable bonds is 4. The molecule has 20 heavy (non-hydrogen) atoms. The van der Waals surface area contributed by atoms with Crippen molar-refractivity contribution in [3.05, 3.63) is 28.3 Å². The fraction of sp³-hybridized carbons (Fsp3) is 0.600. The molecule has 2 heterocycles. The van der Waals surface area contributed by atoms with Gasteiger partial charge in [-0.05, 0) is 31.6 Å². The van der Waals surface area contributed by atoms with Gasteiger partial charge in [0.05, 0.1) is 6.61 Å². The van der Waals surface area contributed by atoms with Gasteiger partial charge in [0.25, 0.3) is 0 Å². The Kier molecular flexibility index (Phi) is 4.46. The van der Waals surface area contributed by atoms with E-state index >= 15 is 0 Å². The highest BCUT2D eigenvalue weighted by atomic mass is 35.5. The first-order valence-corrected chi connectivity index (χ1v) is 7.62. The van der Waals surface area contributed by atoms with E-state index in [4.69, 9.17) is 21.1 Å². The van der Waals surface area contributed by atoms with Crippen molar-refractivity contribution in [3.63, 3.8) is 0 Å². The Morgan fingerprint density at radius 1 is 1.45 bits per heavy atom. The molecule has 3 rings (SSSR count). The Bertz CT molecular complexity index is 475. The second kappa shape index (κ2) is 6.31. The van der Waals surface area contributed by atoms with Crippen LogP contribution in [0.3, 0.4) is 0 Å². The number of nitrogens with zero attached hydrogens (tertiary/aromatic N) is 1. The molecule has 1 unspecified atom stereocenters. The molecule has 0 amide bonds. The first-order valence-electron chi connectivity index (χ1n) is 7.24. The topological polar surface area (TPSA) is 33.7 Å². The van der Waals surface area contributed by atoms with E-state index in [1.165, 1.54) is 12.0 Å². The van der Waals surface area contributed by atoms with Gasteiger partial charge in [-0.1, -0.05) is 18.5 Å². The second-order valence-electron chi connectivity index (χ2n) is 5.37. The smallest absolute Gasteiger partial charge is 0.189 e. The molecule has 110 valence electrons. The Morgan fingerprint density at radius 3 is 3.10 bits per heavy atom. The minimum absolute atomic E-state index is 0.332. The zero-order valence-corrected chi connectivity index (χ0v) is 12.6. The molecule has 1 saturated heterocycles. The lowest BCUT2D eigenvalue weighted by Gasteiger charge is -2.29. The third kappa shape index (κ3) is 2.93. The van der Waals surface area contributed by atoms with Crippen molar-refractivity contribution >= 4 is 11.6 Å². The molecule has 5 heteroatoms. The molecular weight excluding hydrogens is 276 g/mol. The van der Waals surface area contributed by atoms with E-state index in [0.717, 1.165) is 42.5 Å². The van der Waals surface area contributed by atoms with Crippen LogP contribution in [0.25, 0.3) is 0 Å². The fourth-order valence-electron chi connectivity index (χ4n) is 3.04. The lowest BCUT2D eigenvalue weighted by atomic mass is 10.1. The average Bonchev–Trinajstić information content (AvgIpc) is 2.98. The van der Waals surface area contributed by atoms with Crippen molar-refractivity contribution in [1.82, 2.24) is 10.2 Å². The zero-order chi connectivity index (χ0) is 13.9. The lowest BCUT2D eigenvalue weighted by molar-refractivity contribution is -0.0175. The summed E-state index contributed by atoms with van der Waals surface area (Å²) in [6.45, 7) is 7.22. The number of benzene rings is 1. The fourth-order valence-corrected chi connectivity index (χ4v) is 3.31. The van der Waals surface area contributed by atoms with E-state index in [1.807, 2.05) is 12.1 Å². The first-order chi connectivity index (χ1) is 9.78. The van der Waals surface area contributed by atoms with E-state index in [-0.39, 0.29) is 0 Å². The number of hydrogen-bond acceptors (Lipinski definition) is 4. The molecule has 0 aliphatic carbocycles. The number of hydrogen-bond donors (Lipinski definition) is 1. The summed E-state index contributed by atoms with van der Waals surface area (Å²) in [5, 5.41) is 4.19. The van der Waals surface area contributed by atoms with Gasteiger partial charge in [0.15, 0.2) is 6.79 Å². The molecule has 0 aromatic heterocycles. The summed E-state index contributed by atoms with van der Waals surface area (Å²) < 4.78 is 11.0. The highest BCUT2D eigenvalue weighted by Gasteiger charge is 2.24. The minimum Gasteiger partial charge on any atom is -0.467 e. The van der Waals surface area contributed by atoms with Gasteiger partial charge in [0.1, 0.15) is 5.75 Å². The number of ether oxygens (including phenoxy) is 2. The van der Waals surface area contributed by atoms with Crippen molar-refractivity contribution in [2.24, 2.45) is 0 Å². The van der Waals surface area contributed by atoms with Crippen molar-refractivity contribution in [1.29, 1.82) is 0 Å². The average molecular weight is 297 g/mol. The predicted molar refractivity (Wildman–Crippen MR) is 79.1 cm³/mol. The molecule has 2 aliphatic heterocycles. The molecule has 0 spiro atoms.